The van der Waals surface area contributed by atoms with Gasteiger partial charge in [-0.05, 0) is 25.5 Å². The van der Waals surface area contributed by atoms with E-state index in [0.717, 1.165) is 12.0 Å². The molecule has 2 rings (SSSR count). The van der Waals surface area contributed by atoms with Crippen molar-refractivity contribution in [1.29, 1.82) is 0 Å². The molecule has 1 aromatic carbocycles. The Morgan fingerprint density at radius 3 is 2.75 bits per heavy atom. The second-order valence-corrected chi connectivity index (χ2v) is 4.35. The Kier molecular flexibility index (Phi) is 4.45. The number of benzene rings is 1. The fraction of sp³-hybridized carbons (Fsp3) is 0.357. The van der Waals surface area contributed by atoms with E-state index in [1.54, 1.807) is 19.2 Å². The number of hydrogen-bond donors (Lipinski definition) is 1. The molecule has 0 aliphatic carbocycles. The van der Waals surface area contributed by atoms with E-state index < -0.39 is 0 Å². The van der Waals surface area contributed by atoms with E-state index in [-0.39, 0.29) is 17.7 Å². The first kappa shape index (κ1) is 14.2. The number of hydrogen-bond acceptors (Lipinski definition) is 5. The zero-order chi connectivity index (χ0) is 14.5. The molecule has 1 heterocycles. The molecule has 0 amide bonds. The third-order valence-corrected chi connectivity index (χ3v) is 2.64. The van der Waals surface area contributed by atoms with Crippen molar-refractivity contribution in [3.63, 3.8) is 0 Å². The van der Waals surface area contributed by atoms with E-state index in [0.29, 0.717) is 18.1 Å². The zero-order valence-corrected chi connectivity index (χ0v) is 11.8. The number of nitrogens with zero attached hydrogens (tertiary/aromatic N) is 3. The van der Waals surface area contributed by atoms with Crippen LogP contribution < -0.4 is 10.1 Å². The molecule has 0 bridgehead atoms. The highest BCUT2D eigenvalue weighted by Crippen LogP contribution is 2.23. The molecule has 0 aliphatic rings. The average Bonchev–Trinajstić information content (AvgIpc) is 2.47. The largest absolute Gasteiger partial charge is 0.463 e. The van der Waals surface area contributed by atoms with Crippen LogP contribution >= 0.6 is 0 Å². The van der Waals surface area contributed by atoms with Gasteiger partial charge in [-0.15, -0.1) is 0 Å². The van der Waals surface area contributed by atoms with Crippen molar-refractivity contribution in [2.75, 3.05) is 19.0 Å². The van der Waals surface area contributed by atoms with Crippen LogP contribution in [0.1, 0.15) is 18.9 Å². The topological polar surface area (TPSA) is 59.9 Å². The van der Waals surface area contributed by atoms with Crippen molar-refractivity contribution < 1.29 is 9.13 Å². The van der Waals surface area contributed by atoms with Crippen LogP contribution in [0.3, 0.4) is 0 Å². The molecule has 1 N–H and O–H groups in total. The molecule has 0 unspecified atom stereocenters. The molecule has 0 spiro atoms. The van der Waals surface area contributed by atoms with Gasteiger partial charge < -0.3 is 10.1 Å². The average molecular weight is 276 g/mol. The highest BCUT2D eigenvalue weighted by molar-refractivity contribution is 5.58. The van der Waals surface area contributed by atoms with Crippen LogP contribution in [-0.4, -0.2) is 28.6 Å². The molecule has 0 saturated heterocycles. The van der Waals surface area contributed by atoms with Crippen molar-refractivity contribution in [2.45, 2.75) is 20.3 Å². The minimum Gasteiger partial charge on any atom is -0.463 e. The summed E-state index contributed by atoms with van der Waals surface area (Å²) in [7, 11) is 1.69. The first-order chi connectivity index (χ1) is 9.63. The Labute approximate surface area is 117 Å². The summed E-state index contributed by atoms with van der Waals surface area (Å²) in [6.07, 6.45) is 0.842. The molecule has 2 aromatic rings. The highest BCUT2D eigenvalue weighted by Gasteiger charge is 2.12. The summed E-state index contributed by atoms with van der Waals surface area (Å²) in [5, 5.41) is 2.82. The summed E-state index contributed by atoms with van der Waals surface area (Å²) >= 11 is 0. The number of ether oxygens (including phenoxy) is 1. The van der Waals surface area contributed by atoms with Gasteiger partial charge in [0.05, 0.1) is 12.2 Å². The fourth-order valence-corrected chi connectivity index (χ4v) is 1.66. The lowest BCUT2D eigenvalue weighted by Gasteiger charge is -2.08. The lowest BCUT2D eigenvalue weighted by molar-refractivity contribution is 0.292. The maximum atomic E-state index is 13.9. The molecule has 0 radical (unpaired) electrons. The van der Waals surface area contributed by atoms with Crippen molar-refractivity contribution in [3.05, 3.63) is 29.6 Å². The molecule has 6 heteroatoms. The van der Waals surface area contributed by atoms with Crippen LogP contribution in [0, 0.1) is 12.7 Å². The number of rotatable bonds is 5. The van der Waals surface area contributed by atoms with Gasteiger partial charge >= 0.3 is 6.01 Å². The Morgan fingerprint density at radius 1 is 1.25 bits per heavy atom. The lowest BCUT2D eigenvalue weighted by Crippen LogP contribution is -2.06. The molecule has 5 nitrogen and oxygen atoms in total. The standard InChI is InChI=1S/C14H17FN4O/c1-4-7-20-14-18-12(17-13(16-3)19-14)10-8-9(2)5-6-11(10)15/h5-6,8H,4,7H2,1-3H3,(H,16,17,18,19). The maximum Gasteiger partial charge on any atom is 0.321 e. The SMILES string of the molecule is CCCOc1nc(NC)nc(-c2cc(C)ccc2F)n1. The van der Waals surface area contributed by atoms with E-state index >= 15 is 0 Å². The zero-order valence-electron chi connectivity index (χ0n) is 11.8. The van der Waals surface area contributed by atoms with Crippen molar-refractivity contribution in [1.82, 2.24) is 15.0 Å². The number of halogens is 1. The van der Waals surface area contributed by atoms with Crippen LogP contribution in [0.2, 0.25) is 0 Å². The van der Waals surface area contributed by atoms with Crippen LogP contribution in [0.25, 0.3) is 11.4 Å². The van der Waals surface area contributed by atoms with Crippen LogP contribution in [0.4, 0.5) is 10.3 Å². The predicted molar refractivity (Wildman–Crippen MR) is 75.3 cm³/mol. The minimum absolute atomic E-state index is 0.196. The Hall–Kier alpha value is -2.24. The monoisotopic (exact) mass is 276 g/mol. The van der Waals surface area contributed by atoms with Gasteiger partial charge in [0.25, 0.3) is 0 Å². The van der Waals surface area contributed by atoms with E-state index in [1.807, 2.05) is 13.8 Å². The second-order valence-electron chi connectivity index (χ2n) is 4.35. The summed E-state index contributed by atoms with van der Waals surface area (Å²) in [6.45, 7) is 4.38. The Morgan fingerprint density at radius 2 is 2.05 bits per heavy atom. The highest BCUT2D eigenvalue weighted by atomic mass is 19.1. The Balaban J connectivity index is 2.46. The van der Waals surface area contributed by atoms with Crippen molar-refractivity contribution >= 4 is 5.95 Å². The first-order valence-electron chi connectivity index (χ1n) is 6.47. The van der Waals surface area contributed by atoms with Gasteiger partial charge in [0.1, 0.15) is 5.82 Å². The van der Waals surface area contributed by atoms with Gasteiger partial charge in [0.15, 0.2) is 5.82 Å². The van der Waals surface area contributed by atoms with Gasteiger partial charge in [0, 0.05) is 7.05 Å². The summed E-state index contributed by atoms with van der Waals surface area (Å²) in [4.78, 5) is 12.4. The molecule has 1 aromatic heterocycles. The van der Waals surface area contributed by atoms with Crippen molar-refractivity contribution in [3.8, 4) is 17.4 Å². The van der Waals surface area contributed by atoms with Gasteiger partial charge in [-0.3, -0.25) is 0 Å². The number of aryl methyl sites for hydroxylation is 1. The van der Waals surface area contributed by atoms with Gasteiger partial charge in [0.2, 0.25) is 5.95 Å². The summed E-state index contributed by atoms with van der Waals surface area (Å²) in [6, 6.07) is 5.00. The third kappa shape index (κ3) is 3.20. The summed E-state index contributed by atoms with van der Waals surface area (Å²) in [5.41, 5.74) is 1.27. The van der Waals surface area contributed by atoms with Crippen LogP contribution in [0.5, 0.6) is 6.01 Å². The number of nitrogens with one attached hydrogen (secondary N) is 1. The summed E-state index contributed by atoms with van der Waals surface area (Å²) in [5.74, 6) is 0.240. The predicted octanol–water partition coefficient (Wildman–Crippen LogP) is 2.82. The first-order valence-corrected chi connectivity index (χ1v) is 6.47. The third-order valence-electron chi connectivity index (χ3n) is 2.64. The molecule has 20 heavy (non-hydrogen) atoms. The van der Waals surface area contributed by atoms with Gasteiger partial charge in [-0.25, -0.2) is 4.39 Å². The minimum atomic E-state index is -0.370. The smallest absolute Gasteiger partial charge is 0.321 e. The van der Waals surface area contributed by atoms with E-state index in [1.165, 1.54) is 6.07 Å². The van der Waals surface area contributed by atoms with Gasteiger partial charge in [-0.1, -0.05) is 18.6 Å². The molecular formula is C14H17FN4O. The quantitative estimate of drug-likeness (QED) is 0.910. The van der Waals surface area contributed by atoms with Crippen LogP contribution in [0.15, 0.2) is 18.2 Å². The lowest BCUT2D eigenvalue weighted by atomic mass is 10.1. The molecule has 0 atom stereocenters. The number of anilines is 1. The fourth-order valence-electron chi connectivity index (χ4n) is 1.66. The van der Waals surface area contributed by atoms with E-state index in [9.17, 15) is 4.39 Å². The molecule has 0 aliphatic heterocycles. The van der Waals surface area contributed by atoms with Crippen molar-refractivity contribution in [2.24, 2.45) is 0 Å². The maximum absolute atomic E-state index is 13.9. The van der Waals surface area contributed by atoms with E-state index in [2.05, 4.69) is 20.3 Å². The second kappa shape index (κ2) is 6.27. The molecule has 0 saturated carbocycles. The van der Waals surface area contributed by atoms with Gasteiger partial charge in [-0.2, -0.15) is 15.0 Å². The molecular weight excluding hydrogens is 259 g/mol. The molecule has 0 fully saturated rings. The Bertz CT molecular complexity index is 604. The normalized spacial score (nSPS) is 10.4. The number of aromatic nitrogens is 3. The van der Waals surface area contributed by atoms with Crippen LogP contribution in [-0.2, 0) is 0 Å². The summed E-state index contributed by atoms with van der Waals surface area (Å²) < 4.78 is 19.3. The van der Waals surface area contributed by atoms with E-state index in [4.69, 9.17) is 4.74 Å². The molecule has 106 valence electrons.